The number of amides is 1. The number of nitrogens with zero attached hydrogens (tertiary/aromatic N) is 1. The van der Waals surface area contributed by atoms with Gasteiger partial charge in [-0.15, -0.1) is 0 Å². The van der Waals surface area contributed by atoms with Crippen molar-refractivity contribution in [1.82, 2.24) is 4.90 Å². The van der Waals surface area contributed by atoms with E-state index < -0.39 is 0 Å². The van der Waals surface area contributed by atoms with Crippen LogP contribution in [0.25, 0.3) is 0 Å². The van der Waals surface area contributed by atoms with Gasteiger partial charge in [0.15, 0.2) is 0 Å². The zero-order valence-corrected chi connectivity index (χ0v) is 18.7. The maximum Gasteiger partial charge on any atom is 0.235 e. The number of likely N-dealkylation sites (tertiary alicyclic amines) is 1. The highest BCUT2D eigenvalue weighted by atomic mass is 127. The van der Waals surface area contributed by atoms with Crippen LogP contribution in [0, 0.1) is 28.6 Å². The third-order valence-electron chi connectivity index (χ3n) is 9.32. The minimum absolute atomic E-state index is 0.167. The Morgan fingerprint density at radius 2 is 1.73 bits per heavy atom. The van der Waals surface area contributed by atoms with Crippen molar-refractivity contribution >= 4 is 28.5 Å². The Balaban J connectivity index is 1.41. The number of hydrogen-bond donors (Lipinski definition) is 0. The lowest BCUT2D eigenvalue weighted by molar-refractivity contribution is -0.160. The third-order valence-corrected chi connectivity index (χ3v) is 10.3. The van der Waals surface area contributed by atoms with Gasteiger partial charge >= 0.3 is 0 Å². The SMILES string of the molecule is CN1C(=O)C(I)C[C@@]2(C)C1CC[C@@H]1[C@H]2CC[C@]2(C)C(OC3CC3)CC[C@@H]12. The van der Waals surface area contributed by atoms with Gasteiger partial charge in [-0.1, -0.05) is 36.4 Å². The lowest BCUT2D eigenvalue weighted by Gasteiger charge is -2.62. The van der Waals surface area contributed by atoms with Gasteiger partial charge in [-0.3, -0.25) is 4.79 Å². The van der Waals surface area contributed by atoms with Crippen molar-refractivity contribution in [3.63, 3.8) is 0 Å². The van der Waals surface area contributed by atoms with E-state index in [1.54, 1.807) is 0 Å². The molecule has 4 saturated carbocycles. The summed E-state index contributed by atoms with van der Waals surface area (Å²) in [4.78, 5) is 14.7. The van der Waals surface area contributed by atoms with Gasteiger partial charge in [0.2, 0.25) is 5.91 Å². The average molecular weight is 471 g/mol. The summed E-state index contributed by atoms with van der Waals surface area (Å²) >= 11 is 2.41. The zero-order chi connectivity index (χ0) is 18.3. The molecule has 26 heavy (non-hydrogen) atoms. The predicted octanol–water partition coefficient (Wildman–Crippen LogP) is 4.81. The Hall–Kier alpha value is 0.160. The van der Waals surface area contributed by atoms with Gasteiger partial charge in [0.25, 0.3) is 0 Å². The molecule has 0 bridgehead atoms. The fraction of sp³-hybridized carbons (Fsp3) is 0.955. The molecule has 8 atom stereocenters. The largest absolute Gasteiger partial charge is 0.374 e. The molecule has 1 saturated heterocycles. The Kier molecular flexibility index (Phi) is 4.26. The molecule has 4 heteroatoms. The molecule has 1 amide bonds. The van der Waals surface area contributed by atoms with Crippen LogP contribution in [0.15, 0.2) is 0 Å². The Morgan fingerprint density at radius 1 is 1.00 bits per heavy atom. The van der Waals surface area contributed by atoms with Gasteiger partial charge in [0, 0.05) is 13.1 Å². The summed E-state index contributed by atoms with van der Waals surface area (Å²) in [5.74, 6) is 2.86. The highest BCUT2D eigenvalue weighted by Gasteiger charge is 2.62. The lowest BCUT2D eigenvalue weighted by Crippen LogP contribution is -2.63. The van der Waals surface area contributed by atoms with Crippen molar-refractivity contribution in [2.45, 2.75) is 93.8 Å². The van der Waals surface area contributed by atoms with E-state index in [-0.39, 0.29) is 3.92 Å². The van der Waals surface area contributed by atoms with Crippen LogP contribution in [-0.4, -0.2) is 40.0 Å². The highest BCUT2D eigenvalue weighted by Crippen LogP contribution is 2.65. The topological polar surface area (TPSA) is 29.5 Å². The van der Waals surface area contributed by atoms with Crippen LogP contribution in [0.2, 0.25) is 0 Å². The van der Waals surface area contributed by atoms with E-state index in [2.05, 4.69) is 48.4 Å². The van der Waals surface area contributed by atoms with Gasteiger partial charge < -0.3 is 9.64 Å². The van der Waals surface area contributed by atoms with Gasteiger partial charge in [-0.2, -0.15) is 0 Å². The van der Waals surface area contributed by atoms with Crippen LogP contribution >= 0.6 is 22.6 Å². The molecule has 3 unspecified atom stereocenters. The minimum Gasteiger partial charge on any atom is -0.374 e. The number of carbonyl (C=O) groups is 1. The molecule has 0 N–H and O–H groups in total. The number of hydrogen-bond acceptors (Lipinski definition) is 2. The van der Waals surface area contributed by atoms with Crippen LogP contribution in [-0.2, 0) is 9.53 Å². The second kappa shape index (κ2) is 6.08. The molecular weight excluding hydrogens is 437 g/mol. The molecule has 0 aromatic rings. The fourth-order valence-corrected chi connectivity index (χ4v) is 9.21. The first-order valence-corrected chi connectivity index (χ1v) is 12.2. The first-order valence-electron chi connectivity index (χ1n) is 10.9. The maximum atomic E-state index is 12.6. The van der Waals surface area contributed by atoms with Crippen molar-refractivity contribution in [2.75, 3.05) is 7.05 Å². The quantitative estimate of drug-likeness (QED) is 0.427. The van der Waals surface area contributed by atoms with Crippen molar-refractivity contribution < 1.29 is 9.53 Å². The second-order valence-electron chi connectivity index (χ2n) is 10.5. The summed E-state index contributed by atoms with van der Waals surface area (Å²) in [5.41, 5.74) is 0.723. The van der Waals surface area contributed by atoms with Crippen molar-refractivity contribution in [3.8, 4) is 0 Å². The molecular formula is C22H34INO2. The molecule has 3 nitrogen and oxygen atoms in total. The molecule has 5 rings (SSSR count). The molecule has 5 fully saturated rings. The minimum atomic E-state index is 0.167. The van der Waals surface area contributed by atoms with E-state index in [4.69, 9.17) is 4.74 Å². The predicted molar refractivity (Wildman–Crippen MR) is 111 cm³/mol. The fourth-order valence-electron chi connectivity index (χ4n) is 7.82. The first-order chi connectivity index (χ1) is 12.3. The maximum absolute atomic E-state index is 12.6. The van der Waals surface area contributed by atoms with Crippen molar-refractivity contribution in [1.29, 1.82) is 0 Å². The normalized spacial score (nSPS) is 53.8. The number of ether oxygens (including phenoxy) is 1. The van der Waals surface area contributed by atoms with Crippen LogP contribution in [0.1, 0.15) is 71.6 Å². The molecule has 0 aromatic carbocycles. The van der Waals surface area contributed by atoms with Crippen molar-refractivity contribution in [3.05, 3.63) is 0 Å². The zero-order valence-electron chi connectivity index (χ0n) is 16.5. The highest BCUT2D eigenvalue weighted by molar-refractivity contribution is 14.1. The molecule has 0 radical (unpaired) electrons. The molecule has 5 aliphatic rings. The Labute approximate surface area is 172 Å². The molecule has 0 spiro atoms. The van der Waals surface area contributed by atoms with Crippen LogP contribution in [0.3, 0.4) is 0 Å². The van der Waals surface area contributed by atoms with Gasteiger partial charge in [-0.25, -0.2) is 0 Å². The number of piperidine rings is 1. The summed E-state index contributed by atoms with van der Waals surface area (Å²) < 4.78 is 6.67. The monoisotopic (exact) mass is 471 g/mol. The van der Waals surface area contributed by atoms with E-state index in [0.29, 0.717) is 35.0 Å². The van der Waals surface area contributed by atoms with E-state index in [1.165, 1.54) is 51.4 Å². The van der Waals surface area contributed by atoms with Crippen LogP contribution in [0.4, 0.5) is 0 Å². The molecule has 1 heterocycles. The second-order valence-corrected chi connectivity index (χ2v) is 12.0. The first kappa shape index (κ1) is 18.2. The number of carbonyl (C=O) groups excluding carboxylic acids is 1. The summed E-state index contributed by atoms with van der Waals surface area (Å²) in [6, 6.07) is 0.464. The van der Waals surface area contributed by atoms with Gasteiger partial charge in [0.1, 0.15) is 0 Å². The van der Waals surface area contributed by atoms with Gasteiger partial charge in [0.05, 0.1) is 16.1 Å². The smallest absolute Gasteiger partial charge is 0.235 e. The van der Waals surface area contributed by atoms with Gasteiger partial charge in [-0.05, 0) is 86.4 Å². The molecule has 146 valence electrons. The molecule has 4 aliphatic carbocycles. The van der Waals surface area contributed by atoms with E-state index in [0.717, 1.165) is 24.2 Å². The summed E-state index contributed by atoms with van der Waals surface area (Å²) in [6.07, 6.45) is 12.7. The Morgan fingerprint density at radius 3 is 2.46 bits per heavy atom. The number of alkyl halides is 1. The lowest BCUT2D eigenvalue weighted by atomic mass is 9.47. The average Bonchev–Trinajstić information content (AvgIpc) is 3.35. The molecule has 0 aromatic heterocycles. The van der Waals surface area contributed by atoms with E-state index in [9.17, 15) is 4.79 Å². The van der Waals surface area contributed by atoms with Crippen molar-refractivity contribution in [2.24, 2.45) is 28.6 Å². The summed E-state index contributed by atoms with van der Waals surface area (Å²) in [7, 11) is 2.07. The molecule has 1 aliphatic heterocycles. The Bertz CT molecular complexity index is 607. The van der Waals surface area contributed by atoms with Crippen LogP contribution in [0.5, 0.6) is 0 Å². The van der Waals surface area contributed by atoms with E-state index in [1.807, 2.05) is 0 Å². The standard InChI is InChI=1S/C22H34INO2/c1-21-11-10-16-14(15(21)7-9-19(21)26-13-4-5-13)6-8-18-22(16,2)12-17(23)20(25)24(18)3/h13-19H,4-12H2,1-3H3/t14-,15-,16+,17?,18?,19?,21-,22+/m0/s1. The number of halogens is 1. The third kappa shape index (κ3) is 2.49. The number of fused-ring (bicyclic) bond motifs is 5. The van der Waals surface area contributed by atoms with E-state index >= 15 is 0 Å². The summed E-state index contributed by atoms with van der Waals surface area (Å²) in [5, 5.41) is 0. The summed E-state index contributed by atoms with van der Waals surface area (Å²) in [6.45, 7) is 5.08. The number of rotatable bonds is 2. The van der Waals surface area contributed by atoms with Crippen LogP contribution < -0.4 is 0 Å².